The van der Waals surface area contributed by atoms with Crippen LogP contribution in [0.4, 0.5) is 11.4 Å². The Labute approximate surface area is 194 Å². The number of allylic oxidation sites excluding steroid dienone is 1. The van der Waals surface area contributed by atoms with Crippen LogP contribution in [0.25, 0.3) is 0 Å². The molecule has 1 unspecified atom stereocenters. The van der Waals surface area contributed by atoms with Crippen LogP contribution < -0.4 is 9.62 Å². The summed E-state index contributed by atoms with van der Waals surface area (Å²) in [5.41, 5.74) is 8.54. The zero-order chi connectivity index (χ0) is 22.3. The number of nitrogens with zero attached hydrogens (tertiary/aromatic N) is 3. The van der Waals surface area contributed by atoms with E-state index in [9.17, 15) is 5.26 Å². The maximum Gasteiger partial charge on any atom is 0.0991 e. The van der Waals surface area contributed by atoms with Crippen molar-refractivity contribution >= 4 is 27.9 Å². The SMILES string of the molecule is C=C1Nc2ccc(C#N)cc2C12CCN(CCCc1ccc3c(c1)CCS(=C)N3C)CC2. The molecule has 3 heterocycles. The Bertz CT molecular complexity index is 1120. The van der Waals surface area contributed by atoms with E-state index in [0.717, 1.165) is 62.3 Å². The van der Waals surface area contributed by atoms with Gasteiger partial charge >= 0.3 is 0 Å². The summed E-state index contributed by atoms with van der Waals surface area (Å²) < 4.78 is 2.34. The minimum Gasteiger partial charge on any atom is -0.358 e. The van der Waals surface area contributed by atoms with Crippen LogP contribution in [-0.4, -0.2) is 43.2 Å². The fourth-order valence-electron chi connectivity index (χ4n) is 5.61. The molecule has 5 heteroatoms. The summed E-state index contributed by atoms with van der Waals surface area (Å²) in [6.07, 6.45) is 5.62. The number of rotatable bonds is 4. The van der Waals surface area contributed by atoms with Crippen LogP contribution in [0.1, 0.15) is 41.5 Å². The first-order valence-corrected chi connectivity index (χ1v) is 13.1. The van der Waals surface area contributed by atoms with Gasteiger partial charge < -0.3 is 14.5 Å². The highest BCUT2D eigenvalue weighted by atomic mass is 32.2. The molecule has 1 fully saturated rings. The van der Waals surface area contributed by atoms with E-state index in [1.807, 2.05) is 12.1 Å². The van der Waals surface area contributed by atoms with Gasteiger partial charge in [0.1, 0.15) is 0 Å². The summed E-state index contributed by atoms with van der Waals surface area (Å²) >= 11 is 0. The van der Waals surface area contributed by atoms with Crippen molar-refractivity contribution < 1.29 is 0 Å². The van der Waals surface area contributed by atoms with Crippen LogP contribution in [-0.2, 0) is 18.3 Å². The molecule has 1 atom stereocenters. The summed E-state index contributed by atoms with van der Waals surface area (Å²) in [6, 6.07) is 15.3. The number of piperidine rings is 1. The van der Waals surface area contributed by atoms with Crippen molar-refractivity contribution in [3.05, 3.63) is 70.9 Å². The Kier molecular flexibility index (Phi) is 5.61. The summed E-state index contributed by atoms with van der Waals surface area (Å²) in [6.45, 7) is 7.66. The number of aryl methyl sites for hydroxylation is 2. The van der Waals surface area contributed by atoms with Gasteiger partial charge in [0.2, 0.25) is 0 Å². The second-order valence-electron chi connectivity index (χ2n) is 9.38. The van der Waals surface area contributed by atoms with E-state index in [0.29, 0.717) is 0 Å². The number of hydrogen-bond acceptors (Lipinski definition) is 4. The van der Waals surface area contributed by atoms with Crippen molar-refractivity contribution in [1.82, 2.24) is 4.90 Å². The topological polar surface area (TPSA) is 42.3 Å². The number of hydrogen-bond donors (Lipinski definition) is 1. The van der Waals surface area contributed by atoms with Crippen molar-refractivity contribution in [2.24, 2.45) is 0 Å². The van der Waals surface area contributed by atoms with Gasteiger partial charge in [-0.25, -0.2) is 0 Å². The van der Waals surface area contributed by atoms with Crippen molar-refractivity contribution in [3.8, 4) is 6.07 Å². The second-order valence-corrected chi connectivity index (χ2v) is 11.3. The monoisotopic (exact) mass is 444 g/mol. The Morgan fingerprint density at radius 1 is 1.19 bits per heavy atom. The molecule has 5 rings (SSSR count). The Morgan fingerprint density at radius 3 is 2.78 bits per heavy atom. The molecule has 1 saturated heterocycles. The predicted molar refractivity (Wildman–Crippen MR) is 138 cm³/mol. The molecule has 3 aliphatic heterocycles. The molecule has 0 bridgehead atoms. The summed E-state index contributed by atoms with van der Waals surface area (Å²) in [7, 11) is 2.29. The van der Waals surface area contributed by atoms with Gasteiger partial charge in [-0.3, -0.25) is 0 Å². The lowest BCUT2D eigenvalue weighted by molar-refractivity contribution is 0.179. The molecule has 0 aliphatic carbocycles. The van der Waals surface area contributed by atoms with Gasteiger partial charge in [0.15, 0.2) is 0 Å². The van der Waals surface area contributed by atoms with E-state index in [4.69, 9.17) is 0 Å². The molecular formula is C27H32N4S. The van der Waals surface area contributed by atoms with Gasteiger partial charge in [0.05, 0.1) is 11.6 Å². The zero-order valence-electron chi connectivity index (χ0n) is 19.0. The van der Waals surface area contributed by atoms with Gasteiger partial charge in [-0.2, -0.15) is 5.26 Å². The molecule has 0 saturated carbocycles. The maximum absolute atomic E-state index is 9.34. The molecule has 1 spiro atoms. The molecule has 0 amide bonds. The van der Waals surface area contributed by atoms with Crippen LogP contribution >= 0.6 is 10.7 Å². The first kappa shape index (κ1) is 21.3. The molecule has 4 nitrogen and oxygen atoms in total. The number of anilines is 2. The van der Waals surface area contributed by atoms with Crippen molar-refractivity contribution in [3.63, 3.8) is 0 Å². The lowest BCUT2D eigenvalue weighted by Gasteiger charge is -2.40. The average molecular weight is 445 g/mol. The molecule has 2 aromatic rings. The van der Waals surface area contributed by atoms with Crippen molar-refractivity contribution in [2.75, 3.05) is 42.1 Å². The third kappa shape index (κ3) is 3.66. The van der Waals surface area contributed by atoms with Crippen molar-refractivity contribution in [2.45, 2.75) is 37.5 Å². The highest BCUT2D eigenvalue weighted by Gasteiger charge is 2.44. The number of nitriles is 1. The van der Waals surface area contributed by atoms with Crippen LogP contribution in [0, 0.1) is 11.3 Å². The zero-order valence-corrected chi connectivity index (χ0v) is 19.8. The minimum atomic E-state index is -0.0180. The van der Waals surface area contributed by atoms with E-state index in [1.54, 1.807) is 0 Å². The lowest BCUT2D eigenvalue weighted by atomic mass is 9.72. The second kappa shape index (κ2) is 8.42. The predicted octanol–water partition coefficient (Wildman–Crippen LogP) is 5.07. The lowest BCUT2D eigenvalue weighted by Crippen LogP contribution is -2.43. The molecule has 2 aromatic carbocycles. The van der Waals surface area contributed by atoms with E-state index in [-0.39, 0.29) is 16.1 Å². The van der Waals surface area contributed by atoms with Crippen LogP contribution in [0.15, 0.2) is 48.7 Å². The number of likely N-dealkylation sites (tertiary alicyclic amines) is 1. The molecule has 0 aromatic heterocycles. The Hall–Kier alpha value is -2.55. The van der Waals surface area contributed by atoms with Gasteiger partial charge in [0, 0.05) is 35.3 Å². The molecule has 0 radical (unpaired) electrons. The van der Waals surface area contributed by atoms with Gasteiger partial charge in [0.25, 0.3) is 0 Å². The molecule has 166 valence electrons. The first-order chi connectivity index (χ1) is 15.5. The molecule has 32 heavy (non-hydrogen) atoms. The van der Waals surface area contributed by atoms with E-state index in [1.165, 1.54) is 34.6 Å². The quantitative estimate of drug-likeness (QED) is 0.669. The van der Waals surface area contributed by atoms with Crippen LogP contribution in [0.2, 0.25) is 0 Å². The van der Waals surface area contributed by atoms with Crippen LogP contribution in [0.3, 0.4) is 0 Å². The standard InChI is InChI=1S/C27H32N4S/c1-20-27(24-18-22(19-28)6-8-25(24)29-20)11-14-31(15-12-27)13-4-5-21-7-9-26-23(17-21)10-16-32(3)30(26)2/h6-9,17-18,29H,1,3-5,10-16H2,2H3. The third-order valence-electron chi connectivity index (χ3n) is 7.65. The van der Waals surface area contributed by atoms with E-state index >= 15 is 0 Å². The van der Waals surface area contributed by atoms with Gasteiger partial charge in [-0.1, -0.05) is 24.6 Å². The smallest absolute Gasteiger partial charge is 0.0991 e. The van der Waals surface area contributed by atoms with E-state index < -0.39 is 0 Å². The fourth-order valence-corrected chi connectivity index (χ4v) is 6.79. The molecular weight excluding hydrogens is 412 g/mol. The van der Waals surface area contributed by atoms with E-state index in [2.05, 4.69) is 64.4 Å². The third-order valence-corrected chi connectivity index (χ3v) is 9.30. The molecule has 3 aliphatic rings. The van der Waals surface area contributed by atoms with Crippen molar-refractivity contribution in [1.29, 1.82) is 5.26 Å². The fraction of sp³-hybridized carbons (Fsp3) is 0.407. The summed E-state index contributed by atoms with van der Waals surface area (Å²) in [5.74, 6) is 5.45. The summed E-state index contributed by atoms with van der Waals surface area (Å²) in [5, 5.41) is 12.8. The number of benzene rings is 2. The normalized spacial score (nSPS) is 21.7. The Balaban J connectivity index is 1.18. The Morgan fingerprint density at radius 2 is 2.00 bits per heavy atom. The summed E-state index contributed by atoms with van der Waals surface area (Å²) in [4.78, 5) is 2.60. The maximum atomic E-state index is 9.34. The largest absolute Gasteiger partial charge is 0.358 e. The van der Waals surface area contributed by atoms with Crippen LogP contribution in [0.5, 0.6) is 0 Å². The number of nitrogens with one attached hydrogen (secondary N) is 1. The van der Waals surface area contributed by atoms with Gasteiger partial charge in [-0.15, -0.1) is 10.7 Å². The average Bonchev–Trinajstić information content (AvgIpc) is 3.08. The number of fused-ring (bicyclic) bond motifs is 3. The minimum absolute atomic E-state index is 0.0180. The van der Waals surface area contributed by atoms with Gasteiger partial charge in [-0.05, 0) is 92.7 Å². The highest BCUT2D eigenvalue weighted by molar-refractivity contribution is 8.15. The highest BCUT2D eigenvalue weighted by Crippen LogP contribution is 2.49. The first-order valence-electron chi connectivity index (χ1n) is 11.6. The molecule has 1 N–H and O–H groups in total.